The van der Waals surface area contributed by atoms with Gasteiger partial charge in [0.2, 0.25) is 0 Å². The highest BCUT2D eigenvalue weighted by atomic mass is 35.5. The van der Waals surface area contributed by atoms with Crippen molar-refractivity contribution in [2.75, 3.05) is 6.54 Å². The van der Waals surface area contributed by atoms with E-state index in [4.69, 9.17) is 22.4 Å². The van der Waals surface area contributed by atoms with Gasteiger partial charge in [0.05, 0.1) is 5.02 Å². The van der Waals surface area contributed by atoms with Gasteiger partial charge in [0.1, 0.15) is 11.3 Å². The Morgan fingerprint density at radius 3 is 3.00 bits per heavy atom. The molecular weight excluding hydrogens is 230 g/mol. The summed E-state index contributed by atoms with van der Waals surface area (Å²) in [7, 11) is 0. The number of rotatable bonds is 3. The molecule has 0 aromatic carbocycles. The number of hydrogen-bond acceptors (Lipinski definition) is 3. The summed E-state index contributed by atoms with van der Waals surface area (Å²) in [5, 5.41) is 10.2. The standard InChI is InChI=1S/C10H10ClN3O2/c11-7-1-3-13-9-6(7)5-8(10(15)16)14(9)4-2-12/h1,3,5H,2,4,12H2,(H,15,16). The van der Waals surface area contributed by atoms with Crippen LogP contribution in [-0.2, 0) is 6.54 Å². The summed E-state index contributed by atoms with van der Waals surface area (Å²) in [5.74, 6) is -1.01. The largest absolute Gasteiger partial charge is 0.477 e. The fraction of sp³-hybridized carbons (Fsp3) is 0.200. The monoisotopic (exact) mass is 239 g/mol. The number of fused-ring (bicyclic) bond motifs is 1. The van der Waals surface area contributed by atoms with Gasteiger partial charge in [0.15, 0.2) is 0 Å². The number of pyridine rings is 1. The van der Waals surface area contributed by atoms with Crippen LogP contribution in [0.1, 0.15) is 10.5 Å². The van der Waals surface area contributed by atoms with E-state index in [9.17, 15) is 4.79 Å². The summed E-state index contributed by atoms with van der Waals surface area (Å²) in [6.45, 7) is 0.747. The van der Waals surface area contributed by atoms with Crippen LogP contribution < -0.4 is 5.73 Å². The van der Waals surface area contributed by atoms with E-state index in [-0.39, 0.29) is 5.69 Å². The molecule has 2 aromatic rings. The van der Waals surface area contributed by atoms with Gasteiger partial charge in [-0.25, -0.2) is 9.78 Å². The average Bonchev–Trinajstić information content (AvgIpc) is 2.60. The third kappa shape index (κ3) is 1.64. The molecule has 0 unspecified atom stereocenters. The van der Waals surface area contributed by atoms with E-state index >= 15 is 0 Å². The second kappa shape index (κ2) is 4.11. The second-order valence-corrected chi connectivity index (χ2v) is 3.71. The van der Waals surface area contributed by atoms with Gasteiger partial charge in [0, 0.05) is 24.7 Å². The van der Waals surface area contributed by atoms with Gasteiger partial charge in [-0.15, -0.1) is 0 Å². The van der Waals surface area contributed by atoms with Gasteiger partial charge in [-0.1, -0.05) is 11.6 Å². The van der Waals surface area contributed by atoms with Crippen molar-refractivity contribution in [2.24, 2.45) is 5.73 Å². The zero-order chi connectivity index (χ0) is 11.7. The van der Waals surface area contributed by atoms with E-state index in [1.165, 1.54) is 6.07 Å². The van der Waals surface area contributed by atoms with Gasteiger partial charge in [-0.3, -0.25) is 0 Å². The van der Waals surface area contributed by atoms with E-state index in [1.54, 1.807) is 16.8 Å². The molecule has 2 heterocycles. The smallest absolute Gasteiger partial charge is 0.352 e. The Kier molecular flexibility index (Phi) is 2.80. The molecule has 3 N–H and O–H groups in total. The Morgan fingerprint density at radius 2 is 2.38 bits per heavy atom. The number of hydrogen-bond donors (Lipinski definition) is 2. The van der Waals surface area contributed by atoms with E-state index < -0.39 is 5.97 Å². The Morgan fingerprint density at radius 1 is 1.62 bits per heavy atom. The molecule has 2 rings (SSSR count). The fourth-order valence-corrected chi connectivity index (χ4v) is 1.84. The van der Waals surface area contributed by atoms with Crippen molar-refractivity contribution in [1.29, 1.82) is 0 Å². The minimum Gasteiger partial charge on any atom is -0.477 e. The van der Waals surface area contributed by atoms with Crippen LogP contribution in [0.25, 0.3) is 11.0 Å². The lowest BCUT2D eigenvalue weighted by molar-refractivity contribution is 0.0685. The number of aromatic carboxylic acids is 1. The van der Waals surface area contributed by atoms with E-state index in [0.717, 1.165) is 0 Å². The molecule has 0 saturated carbocycles. The molecular formula is C10H10ClN3O2. The van der Waals surface area contributed by atoms with Crippen molar-refractivity contribution >= 4 is 28.6 Å². The van der Waals surface area contributed by atoms with E-state index in [0.29, 0.717) is 29.1 Å². The molecule has 0 aliphatic heterocycles. The van der Waals surface area contributed by atoms with Crippen molar-refractivity contribution in [3.8, 4) is 0 Å². The molecule has 0 amide bonds. The third-order valence-corrected chi connectivity index (χ3v) is 2.64. The molecule has 0 bridgehead atoms. The molecule has 84 valence electrons. The van der Waals surface area contributed by atoms with Gasteiger partial charge < -0.3 is 15.4 Å². The molecule has 0 atom stereocenters. The maximum absolute atomic E-state index is 11.0. The van der Waals surface area contributed by atoms with Crippen molar-refractivity contribution in [3.63, 3.8) is 0 Å². The number of halogens is 1. The van der Waals surface area contributed by atoms with Crippen LogP contribution >= 0.6 is 11.6 Å². The summed E-state index contributed by atoms with van der Waals surface area (Å²) in [4.78, 5) is 15.2. The highest BCUT2D eigenvalue weighted by molar-refractivity contribution is 6.35. The van der Waals surface area contributed by atoms with Gasteiger partial charge in [-0.2, -0.15) is 0 Å². The van der Waals surface area contributed by atoms with Crippen LogP contribution in [-0.4, -0.2) is 27.2 Å². The summed E-state index contributed by atoms with van der Waals surface area (Å²) in [6, 6.07) is 3.14. The van der Waals surface area contributed by atoms with Crippen LogP contribution in [0.15, 0.2) is 18.3 Å². The number of carboxylic acids is 1. The van der Waals surface area contributed by atoms with Crippen LogP contribution in [0, 0.1) is 0 Å². The van der Waals surface area contributed by atoms with Gasteiger partial charge >= 0.3 is 5.97 Å². The lowest BCUT2D eigenvalue weighted by Crippen LogP contribution is -2.15. The molecule has 0 spiro atoms. The quantitative estimate of drug-likeness (QED) is 0.847. The predicted molar refractivity (Wildman–Crippen MR) is 60.8 cm³/mol. The van der Waals surface area contributed by atoms with Crippen LogP contribution in [0.5, 0.6) is 0 Å². The van der Waals surface area contributed by atoms with Crippen molar-refractivity contribution in [1.82, 2.24) is 9.55 Å². The third-order valence-electron chi connectivity index (χ3n) is 2.32. The zero-order valence-corrected chi connectivity index (χ0v) is 9.11. The first-order valence-electron chi connectivity index (χ1n) is 4.72. The maximum Gasteiger partial charge on any atom is 0.352 e. The summed E-state index contributed by atoms with van der Waals surface area (Å²) < 4.78 is 1.56. The Labute approximate surface area is 96.4 Å². The highest BCUT2D eigenvalue weighted by Crippen LogP contribution is 2.25. The van der Waals surface area contributed by atoms with Crippen LogP contribution in [0.3, 0.4) is 0 Å². The van der Waals surface area contributed by atoms with E-state index in [2.05, 4.69) is 4.98 Å². The summed E-state index contributed by atoms with van der Waals surface area (Å²) in [5.41, 5.74) is 6.15. The molecule has 2 aromatic heterocycles. The molecule has 5 nitrogen and oxygen atoms in total. The zero-order valence-electron chi connectivity index (χ0n) is 8.35. The van der Waals surface area contributed by atoms with Crippen molar-refractivity contribution in [2.45, 2.75) is 6.54 Å². The molecule has 6 heteroatoms. The van der Waals surface area contributed by atoms with Gasteiger partial charge in [-0.05, 0) is 12.1 Å². The first-order chi connectivity index (χ1) is 7.65. The summed E-state index contributed by atoms with van der Waals surface area (Å²) >= 11 is 5.97. The molecule has 0 aliphatic rings. The Bertz CT molecular complexity index is 550. The van der Waals surface area contributed by atoms with Crippen molar-refractivity contribution < 1.29 is 9.90 Å². The fourth-order valence-electron chi connectivity index (χ4n) is 1.65. The Hall–Kier alpha value is -1.59. The van der Waals surface area contributed by atoms with Crippen LogP contribution in [0.2, 0.25) is 5.02 Å². The first-order valence-corrected chi connectivity index (χ1v) is 5.10. The van der Waals surface area contributed by atoms with Crippen LogP contribution in [0.4, 0.5) is 0 Å². The molecule has 0 aliphatic carbocycles. The van der Waals surface area contributed by atoms with Gasteiger partial charge in [0.25, 0.3) is 0 Å². The second-order valence-electron chi connectivity index (χ2n) is 3.31. The first kappa shape index (κ1) is 10.9. The predicted octanol–water partition coefficient (Wildman–Crippen LogP) is 1.35. The Balaban J connectivity index is 2.75. The lowest BCUT2D eigenvalue weighted by Gasteiger charge is -2.04. The number of nitrogens with two attached hydrogens (primary N) is 1. The topological polar surface area (TPSA) is 81.1 Å². The minimum absolute atomic E-state index is 0.154. The molecule has 0 radical (unpaired) electrons. The summed E-state index contributed by atoms with van der Waals surface area (Å²) in [6.07, 6.45) is 1.54. The molecule has 0 saturated heterocycles. The van der Waals surface area contributed by atoms with Crippen molar-refractivity contribution in [3.05, 3.63) is 29.0 Å². The lowest BCUT2D eigenvalue weighted by atomic mass is 10.3. The number of carbonyl (C=O) groups is 1. The minimum atomic E-state index is -1.01. The maximum atomic E-state index is 11.0. The molecule has 0 fully saturated rings. The SMILES string of the molecule is NCCn1c(C(=O)O)cc2c(Cl)ccnc21. The van der Waals surface area contributed by atoms with E-state index in [1.807, 2.05) is 0 Å². The molecule has 16 heavy (non-hydrogen) atoms. The normalized spacial score (nSPS) is 10.9. The number of nitrogens with zero attached hydrogens (tertiary/aromatic N) is 2. The number of aromatic nitrogens is 2. The average molecular weight is 240 g/mol. The highest BCUT2D eigenvalue weighted by Gasteiger charge is 2.16. The number of carboxylic acid groups (broad SMARTS) is 1.